The van der Waals surface area contributed by atoms with Gasteiger partial charge in [0.15, 0.2) is 0 Å². The summed E-state index contributed by atoms with van der Waals surface area (Å²) in [5.41, 5.74) is 5.48. The van der Waals surface area contributed by atoms with Gasteiger partial charge in [-0.05, 0) is 0 Å². The van der Waals surface area contributed by atoms with Gasteiger partial charge in [0.1, 0.15) is 0 Å². The Balaban J connectivity index is 2.64. The van der Waals surface area contributed by atoms with Crippen LogP contribution in [0.1, 0.15) is 21.7 Å². The van der Waals surface area contributed by atoms with Gasteiger partial charge in [-0.15, -0.1) is 0 Å². The number of aryl methyl sites for hydroxylation is 2. The number of rotatable bonds is 1. The molecule has 0 saturated carbocycles. The summed E-state index contributed by atoms with van der Waals surface area (Å²) in [5.74, 6) is 0. The molecule has 0 atom stereocenters. The summed E-state index contributed by atoms with van der Waals surface area (Å²) in [7, 11) is 0. The molecule has 0 aliphatic carbocycles. The van der Waals surface area contributed by atoms with Gasteiger partial charge < -0.3 is 0 Å². The molecule has 4 heteroatoms. The standard InChI is InChI=1S/C11H12NS2.Rf/c1-6-7(2)10(14-9(6)4)11-8(3)12-5-13-11;/h1-4H3;. The van der Waals surface area contributed by atoms with E-state index in [1.165, 1.54) is 37.0 Å². The topological polar surface area (TPSA) is 12.9 Å². The van der Waals surface area contributed by atoms with Crippen molar-refractivity contribution in [1.82, 2.24) is 4.98 Å². The molecule has 1 nitrogen and oxygen atoms in total. The quantitative estimate of drug-likeness (QED) is 0.600. The summed E-state index contributed by atoms with van der Waals surface area (Å²) in [5, 5.41) is 0. The average Bonchev–Trinajstić information content (AvgIpc) is 2.61. The zero-order valence-corrected chi connectivity index (χ0v) is 17.5. The zero-order valence-electron chi connectivity index (χ0n) is 9.47. The number of thiophene rings is 1. The predicted molar refractivity (Wildman–Crippen MR) is 64.0 cm³/mol. The molecule has 0 radical (unpaired) electrons. The SMILES string of the molecule is Cc1n[c]([Rf])sc1-c1sc(C)c(C)c1C. The molecular formula is C11H12NRfS2. The van der Waals surface area contributed by atoms with E-state index in [1.54, 1.807) is 0 Å². The first kappa shape index (κ1) is 9.87. The second-order valence-electron chi connectivity index (χ2n) is 3.76. The Hall–Kier alpha value is -1.67. The van der Waals surface area contributed by atoms with Gasteiger partial charge in [-0.25, -0.2) is 0 Å². The maximum atomic E-state index is 4.59. The predicted octanol–water partition coefficient (Wildman–Crippen LogP) is 3.28. The van der Waals surface area contributed by atoms with Crippen molar-refractivity contribution in [3.8, 4) is 9.75 Å². The summed E-state index contributed by atoms with van der Waals surface area (Å²) in [6.07, 6.45) is 0. The van der Waals surface area contributed by atoms with E-state index in [9.17, 15) is 0 Å². The van der Waals surface area contributed by atoms with Crippen LogP contribution in [0.2, 0.25) is 0 Å². The molecule has 2 rings (SSSR count). The maximum absolute atomic E-state index is 4.59. The van der Waals surface area contributed by atoms with Crippen molar-refractivity contribution in [1.29, 1.82) is 0 Å². The molecule has 0 amide bonds. The second-order valence-corrected chi connectivity index (χ2v) is 11.4. The molecule has 75 valence electrons. The number of thiazole rings is 1. The Labute approximate surface area is 92.4 Å². The third-order valence-electron chi connectivity index (χ3n) is 2.73. The summed E-state index contributed by atoms with van der Waals surface area (Å²) >= 11 is 3.81. The van der Waals surface area contributed by atoms with Gasteiger partial charge in [0.2, 0.25) is 0 Å². The molecular weight excluding hydrogens is 477 g/mol. The molecule has 0 aromatic carbocycles. The number of aromatic nitrogens is 1. The van der Waals surface area contributed by atoms with Gasteiger partial charge in [-0.2, -0.15) is 0 Å². The number of nitrogens with zero attached hydrogens (tertiary/aromatic N) is 1. The van der Waals surface area contributed by atoms with E-state index in [2.05, 4.69) is 32.7 Å². The third kappa shape index (κ3) is 1.43. The molecule has 0 aliphatic rings. The normalized spacial score (nSPS) is 11.1. The molecule has 0 saturated heterocycles. The number of hydrogen-bond donors (Lipinski definition) is 0. The van der Waals surface area contributed by atoms with Crippen LogP contribution in [0.15, 0.2) is 0 Å². The molecule has 0 fully saturated rings. The fourth-order valence-corrected chi connectivity index (χ4v) is 6.92. The van der Waals surface area contributed by atoms with Crippen LogP contribution in [0.5, 0.6) is 0 Å². The molecule has 2 aromatic rings. The Morgan fingerprint density at radius 1 is 0.933 bits per heavy atom. The van der Waals surface area contributed by atoms with Gasteiger partial charge in [0.25, 0.3) is 0 Å². The Bertz CT molecular complexity index is 511. The van der Waals surface area contributed by atoms with Gasteiger partial charge in [0, 0.05) is 0 Å². The molecule has 15 heavy (non-hydrogen) atoms. The Morgan fingerprint density at radius 3 is 2.00 bits per heavy atom. The van der Waals surface area contributed by atoms with E-state index in [0.717, 1.165) is 0 Å². The first-order valence-electron chi connectivity index (χ1n) is 4.87. The summed E-state index contributed by atoms with van der Waals surface area (Å²) in [6.45, 7) is 8.78. The van der Waals surface area contributed by atoms with Crippen molar-refractivity contribution in [2.75, 3.05) is 0 Å². The van der Waals surface area contributed by atoms with Crippen LogP contribution in [0.4, 0.5) is 0 Å². The van der Waals surface area contributed by atoms with Gasteiger partial charge in [-0.3, -0.25) is 0 Å². The monoisotopic (exact) mass is 489 g/mol. The van der Waals surface area contributed by atoms with E-state index in [-0.39, 0.29) is 0 Å². The van der Waals surface area contributed by atoms with Gasteiger partial charge in [0.05, 0.1) is 0 Å². The summed E-state index contributed by atoms with van der Waals surface area (Å²) < 4.78 is 0.546. The van der Waals surface area contributed by atoms with Crippen LogP contribution in [-0.4, -0.2) is 4.98 Å². The average molecular weight is 489 g/mol. The van der Waals surface area contributed by atoms with Gasteiger partial charge >= 0.3 is 92.3 Å². The molecule has 2 heterocycles. The van der Waals surface area contributed by atoms with E-state index in [1.807, 2.05) is 22.7 Å². The van der Waals surface area contributed by atoms with Crippen molar-refractivity contribution in [3.63, 3.8) is 0 Å². The minimum atomic E-state index is 0.546. The minimum absolute atomic E-state index is 0.546. The fraction of sp³-hybridized carbons (Fsp3) is 0.364. The van der Waals surface area contributed by atoms with Crippen molar-refractivity contribution in [2.24, 2.45) is 0 Å². The summed E-state index contributed by atoms with van der Waals surface area (Å²) in [4.78, 5) is 8.88. The molecule has 2 aromatic heterocycles. The van der Waals surface area contributed by atoms with E-state index >= 15 is 0 Å². The fourth-order valence-electron chi connectivity index (χ4n) is 1.62. The van der Waals surface area contributed by atoms with Crippen LogP contribution in [-0.2, 0) is 0 Å². The first-order valence-corrected chi connectivity index (χ1v) is 9.70. The molecule has 0 N–H and O–H groups in total. The Morgan fingerprint density at radius 2 is 1.60 bits per heavy atom. The zero-order chi connectivity index (χ0) is 11.2. The van der Waals surface area contributed by atoms with E-state index in [4.69, 9.17) is 0 Å². The molecule has 0 bridgehead atoms. The molecule has 0 aliphatic heterocycles. The first-order chi connectivity index (χ1) is 7.00. The van der Waals surface area contributed by atoms with Crippen LogP contribution in [0, 0.1) is 27.7 Å². The van der Waals surface area contributed by atoms with E-state index < -0.39 is 0 Å². The van der Waals surface area contributed by atoms with Gasteiger partial charge in [-0.1, -0.05) is 0 Å². The third-order valence-corrected chi connectivity index (χ3v) is 7.89. The van der Waals surface area contributed by atoms with Crippen molar-refractivity contribution < 1.29 is 0 Å². The van der Waals surface area contributed by atoms with E-state index in [0.29, 0.717) is 0 Å². The van der Waals surface area contributed by atoms with Crippen molar-refractivity contribution in [2.45, 2.75) is 27.7 Å². The van der Waals surface area contributed by atoms with Crippen LogP contribution in [0.3, 0.4) is 0 Å². The van der Waals surface area contributed by atoms with Crippen molar-refractivity contribution >= 4 is 28.2 Å². The van der Waals surface area contributed by atoms with Crippen molar-refractivity contribution in [3.05, 3.63) is 21.7 Å². The van der Waals surface area contributed by atoms with Crippen LogP contribution in [0.25, 0.3) is 9.75 Å². The summed E-state index contributed by atoms with van der Waals surface area (Å²) in [6, 6.07) is 0. The molecule has 0 unspecified atom stereocenters. The Kier molecular flexibility index (Phi) is 2.09. The molecule has 0 spiro atoms. The van der Waals surface area contributed by atoms with Crippen LogP contribution >= 0.6 is 22.7 Å². The van der Waals surface area contributed by atoms with Crippen LogP contribution < -0.4 is 5.51 Å². The second kappa shape index (κ2) is 3.17. The number of hydrogen-bond acceptors (Lipinski definition) is 3.